The molecule has 4 N–H and O–H groups in total. The lowest BCUT2D eigenvalue weighted by Gasteiger charge is -2.00. The Morgan fingerprint density at radius 1 is 1.73 bits per heavy atom. The zero-order chi connectivity index (χ0) is 11.3. The van der Waals surface area contributed by atoms with Gasteiger partial charge in [0.05, 0.1) is 5.56 Å². The standard InChI is InChI=1S/C10H13N3O2/c1-12-4-2-3-7-5-8(10(14)15)6-13-9(7)11/h2-3,5-6,12H,4H2,1H3,(H2,11,13)(H,14,15). The fourth-order valence-corrected chi connectivity index (χ4v) is 1.05. The summed E-state index contributed by atoms with van der Waals surface area (Å²) in [5.41, 5.74) is 6.34. The summed E-state index contributed by atoms with van der Waals surface area (Å²) in [4.78, 5) is 14.5. The first-order chi connectivity index (χ1) is 7.15. The second kappa shape index (κ2) is 5.11. The van der Waals surface area contributed by atoms with Gasteiger partial charge in [-0.3, -0.25) is 0 Å². The van der Waals surface area contributed by atoms with Crippen molar-refractivity contribution in [2.24, 2.45) is 0 Å². The summed E-state index contributed by atoms with van der Waals surface area (Å²) < 4.78 is 0. The Bertz CT molecular complexity index is 388. The van der Waals surface area contributed by atoms with Crippen LogP contribution in [-0.4, -0.2) is 29.7 Å². The molecule has 0 saturated heterocycles. The maximum absolute atomic E-state index is 10.7. The quantitative estimate of drug-likeness (QED) is 0.672. The second-order valence-corrected chi connectivity index (χ2v) is 2.96. The number of aromatic nitrogens is 1. The third-order valence-electron chi connectivity index (χ3n) is 1.82. The Labute approximate surface area is 87.6 Å². The van der Waals surface area contributed by atoms with E-state index in [1.807, 2.05) is 13.1 Å². The number of likely N-dealkylation sites (N-methyl/N-ethyl adjacent to an activating group) is 1. The first kappa shape index (κ1) is 11.2. The Hall–Kier alpha value is -1.88. The van der Waals surface area contributed by atoms with Crippen molar-refractivity contribution in [2.45, 2.75) is 0 Å². The molecule has 1 heterocycles. The average molecular weight is 207 g/mol. The molecule has 0 aliphatic carbocycles. The predicted molar refractivity (Wildman–Crippen MR) is 58.6 cm³/mol. The highest BCUT2D eigenvalue weighted by Crippen LogP contribution is 2.12. The van der Waals surface area contributed by atoms with Crippen LogP contribution in [0.4, 0.5) is 5.82 Å². The summed E-state index contributed by atoms with van der Waals surface area (Å²) in [6.07, 6.45) is 4.83. The SMILES string of the molecule is CNCC=Cc1cc(C(=O)O)cnc1N. The molecule has 5 nitrogen and oxygen atoms in total. The normalized spacial score (nSPS) is 10.7. The molecule has 0 spiro atoms. The van der Waals surface area contributed by atoms with E-state index in [2.05, 4.69) is 10.3 Å². The number of hydrogen-bond donors (Lipinski definition) is 3. The van der Waals surface area contributed by atoms with E-state index in [4.69, 9.17) is 10.8 Å². The number of carboxylic acid groups (broad SMARTS) is 1. The number of nitrogens with zero attached hydrogens (tertiary/aromatic N) is 1. The van der Waals surface area contributed by atoms with Gasteiger partial charge in [-0.1, -0.05) is 12.2 Å². The number of carboxylic acids is 1. The molecule has 0 aliphatic rings. The number of carbonyl (C=O) groups is 1. The monoisotopic (exact) mass is 207 g/mol. The summed E-state index contributed by atoms with van der Waals surface area (Å²) in [6, 6.07) is 1.50. The fraction of sp³-hybridized carbons (Fsp3) is 0.200. The Kier molecular flexibility index (Phi) is 3.82. The molecular weight excluding hydrogens is 194 g/mol. The Morgan fingerprint density at radius 2 is 2.47 bits per heavy atom. The number of pyridine rings is 1. The third-order valence-corrected chi connectivity index (χ3v) is 1.82. The highest BCUT2D eigenvalue weighted by Gasteiger charge is 2.05. The summed E-state index contributed by atoms with van der Waals surface area (Å²) in [6.45, 7) is 0.691. The number of nitrogens with two attached hydrogens (primary N) is 1. The minimum absolute atomic E-state index is 0.133. The molecule has 0 saturated carbocycles. The van der Waals surface area contributed by atoms with Crippen LogP contribution in [0, 0.1) is 0 Å². The van der Waals surface area contributed by atoms with Crippen molar-refractivity contribution >= 4 is 17.9 Å². The maximum Gasteiger partial charge on any atom is 0.337 e. The van der Waals surface area contributed by atoms with Gasteiger partial charge in [-0.15, -0.1) is 0 Å². The van der Waals surface area contributed by atoms with Gasteiger partial charge in [-0.2, -0.15) is 0 Å². The lowest BCUT2D eigenvalue weighted by Crippen LogP contribution is -2.04. The largest absolute Gasteiger partial charge is 0.478 e. The Morgan fingerprint density at radius 3 is 3.07 bits per heavy atom. The smallest absolute Gasteiger partial charge is 0.337 e. The number of aromatic carboxylic acids is 1. The van der Waals surface area contributed by atoms with E-state index < -0.39 is 5.97 Å². The van der Waals surface area contributed by atoms with Crippen LogP contribution in [0.15, 0.2) is 18.3 Å². The topological polar surface area (TPSA) is 88.2 Å². The van der Waals surface area contributed by atoms with Crippen molar-refractivity contribution in [2.75, 3.05) is 19.3 Å². The zero-order valence-corrected chi connectivity index (χ0v) is 8.40. The van der Waals surface area contributed by atoms with Gasteiger partial charge in [0.15, 0.2) is 0 Å². The summed E-state index contributed by atoms with van der Waals surface area (Å²) >= 11 is 0. The molecule has 0 bridgehead atoms. The molecule has 0 unspecified atom stereocenters. The van der Waals surface area contributed by atoms with E-state index in [9.17, 15) is 4.79 Å². The molecule has 1 aromatic heterocycles. The maximum atomic E-state index is 10.7. The van der Waals surface area contributed by atoms with Crippen molar-refractivity contribution in [3.8, 4) is 0 Å². The molecule has 0 radical (unpaired) electrons. The zero-order valence-electron chi connectivity index (χ0n) is 8.40. The summed E-state index contributed by atoms with van der Waals surface area (Å²) in [7, 11) is 1.82. The van der Waals surface area contributed by atoms with Crippen LogP contribution < -0.4 is 11.1 Å². The molecule has 1 aromatic rings. The van der Waals surface area contributed by atoms with Gasteiger partial charge in [-0.05, 0) is 13.1 Å². The molecule has 0 aliphatic heterocycles. The molecule has 0 amide bonds. The van der Waals surface area contributed by atoms with E-state index in [0.717, 1.165) is 0 Å². The lowest BCUT2D eigenvalue weighted by atomic mass is 10.2. The van der Waals surface area contributed by atoms with Crippen LogP contribution in [0.25, 0.3) is 6.08 Å². The highest BCUT2D eigenvalue weighted by atomic mass is 16.4. The van der Waals surface area contributed by atoms with Gasteiger partial charge in [0.2, 0.25) is 0 Å². The van der Waals surface area contributed by atoms with Gasteiger partial charge >= 0.3 is 5.97 Å². The van der Waals surface area contributed by atoms with Crippen LogP contribution in [-0.2, 0) is 0 Å². The van der Waals surface area contributed by atoms with Crippen LogP contribution in [0.2, 0.25) is 0 Å². The predicted octanol–water partition coefficient (Wildman–Crippen LogP) is 0.595. The minimum Gasteiger partial charge on any atom is -0.478 e. The fourth-order valence-electron chi connectivity index (χ4n) is 1.05. The minimum atomic E-state index is -1.01. The van der Waals surface area contributed by atoms with E-state index in [0.29, 0.717) is 17.9 Å². The average Bonchev–Trinajstić information content (AvgIpc) is 2.20. The molecule has 0 aromatic carbocycles. The number of hydrogen-bond acceptors (Lipinski definition) is 4. The number of nitrogen functional groups attached to an aromatic ring is 1. The van der Waals surface area contributed by atoms with E-state index in [-0.39, 0.29) is 5.56 Å². The van der Waals surface area contributed by atoms with Crippen molar-refractivity contribution in [3.05, 3.63) is 29.5 Å². The van der Waals surface area contributed by atoms with Gasteiger partial charge in [-0.25, -0.2) is 9.78 Å². The van der Waals surface area contributed by atoms with Crippen LogP contribution >= 0.6 is 0 Å². The summed E-state index contributed by atoms with van der Waals surface area (Å²) in [5.74, 6) is -0.682. The number of nitrogens with one attached hydrogen (secondary N) is 1. The highest BCUT2D eigenvalue weighted by molar-refractivity contribution is 5.88. The number of rotatable bonds is 4. The second-order valence-electron chi connectivity index (χ2n) is 2.96. The van der Waals surface area contributed by atoms with E-state index in [1.54, 1.807) is 6.08 Å². The van der Waals surface area contributed by atoms with Gasteiger partial charge < -0.3 is 16.2 Å². The molecule has 0 atom stereocenters. The molecule has 1 rings (SSSR count). The van der Waals surface area contributed by atoms with Crippen molar-refractivity contribution < 1.29 is 9.90 Å². The van der Waals surface area contributed by atoms with Gasteiger partial charge in [0, 0.05) is 18.3 Å². The molecular formula is C10H13N3O2. The molecule has 80 valence electrons. The van der Waals surface area contributed by atoms with E-state index in [1.165, 1.54) is 12.3 Å². The van der Waals surface area contributed by atoms with Crippen molar-refractivity contribution in [3.63, 3.8) is 0 Å². The molecule has 15 heavy (non-hydrogen) atoms. The first-order valence-electron chi connectivity index (χ1n) is 4.45. The van der Waals surface area contributed by atoms with Crippen molar-refractivity contribution in [1.29, 1.82) is 0 Å². The van der Waals surface area contributed by atoms with E-state index >= 15 is 0 Å². The van der Waals surface area contributed by atoms with Crippen LogP contribution in [0.5, 0.6) is 0 Å². The first-order valence-corrected chi connectivity index (χ1v) is 4.45. The van der Waals surface area contributed by atoms with Crippen LogP contribution in [0.3, 0.4) is 0 Å². The van der Waals surface area contributed by atoms with Crippen LogP contribution in [0.1, 0.15) is 15.9 Å². The third kappa shape index (κ3) is 3.07. The Balaban J connectivity index is 2.95. The molecule has 0 fully saturated rings. The summed E-state index contributed by atoms with van der Waals surface area (Å²) in [5, 5.41) is 11.7. The lowest BCUT2D eigenvalue weighted by molar-refractivity contribution is 0.0696. The van der Waals surface area contributed by atoms with Gasteiger partial charge in [0.1, 0.15) is 5.82 Å². The molecule has 5 heteroatoms. The number of anilines is 1. The van der Waals surface area contributed by atoms with Gasteiger partial charge in [0.25, 0.3) is 0 Å². The van der Waals surface area contributed by atoms with Crippen molar-refractivity contribution in [1.82, 2.24) is 10.3 Å².